The number of benzene rings is 2. The molecule has 0 spiro atoms. The van der Waals surface area contributed by atoms with E-state index >= 15 is 0 Å². The molecule has 0 amide bonds. The van der Waals surface area contributed by atoms with E-state index in [1.54, 1.807) is 0 Å². The Labute approximate surface area is 130 Å². The highest BCUT2D eigenvalue weighted by Gasteiger charge is 2.39. The fourth-order valence-corrected chi connectivity index (χ4v) is 3.80. The van der Waals surface area contributed by atoms with Gasteiger partial charge in [-0.2, -0.15) is 5.10 Å². The summed E-state index contributed by atoms with van der Waals surface area (Å²) in [6.45, 7) is 0. The van der Waals surface area contributed by atoms with Gasteiger partial charge in [0.2, 0.25) is 0 Å². The smallest absolute Gasteiger partial charge is 0.0801 e. The highest BCUT2D eigenvalue weighted by atomic mass is 35.5. The van der Waals surface area contributed by atoms with Crippen molar-refractivity contribution in [3.8, 4) is 0 Å². The molecule has 0 radical (unpaired) electrons. The molecule has 2 nitrogen and oxygen atoms in total. The quantitative estimate of drug-likeness (QED) is 0.766. The Hall–Kier alpha value is -1.80. The highest BCUT2D eigenvalue weighted by molar-refractivity contribution is 6.30. The molecule has 21 heavy (non-hydrogen) atoms. The van der Waals surface area contributed by atoms with Crippen molar-refractivity contribution < 1.29 is 0 Å². The molecule has 3 heteroatoms. The fourth-order valence-electron chi connectivity index (χ4n) is 3.67. The van der Waals surface area contributed by atoms with Crippen molar-refractivity contribution in [2.45, 2.75) is 18.9 Å². The second-order valence-electron chi connectivity index (χ2n) is 5.86. The largest absolute Gasteiger partial charge is 0.292 e. The zero-order valence-electron chi connectivity index (χ0n) is 12.0. The van der Waals surface area contributed by atoms with Crippen LogP contribution in [0.5, 0.6) is 0 Å². The maximum absolute atomic E-state index is 6.02. The van der Waals surface area contributed by atoms with Crippen molar-refractivity contribution in [2.75, 3.05) is 7.05 Å². The lowest BCUT2D eigenvalue weighted by molar-refractivity contribution is 0.244. The monoisotopic (exact) mass is 296 g/mol. The van der Waals surface area contributed by atoms with Crippen LogP contribution in [0.2, 0.25) is 5.02 Å². The Morgan fingerprint density at radius 1 is 1.10 bits per heavy atom. The van der Waals surface area contributed by atoms with Crippen LogP contribution in [0.3, 0.4) is 0 Å². The minimum absolute atomic E-state index is 0.325. The summed E-state index contributed by atoms with van der Waals surface area (Å²) in [4.78, 5) is 0. The third kappa shape index (κ3) is 2.06. The molecule has 2 atom stereocenters. The van der Waals surface area contributed by atoms with E-state index in [4.69, 9.17) is 16.7 Å². The topological polar surface area (TPSA) is 15.6 Å². The lowest BCUT2D eigenvalue weighted by atomic mass is 9.77. The van der Waals surface area contributed by atoms with E-state index in [2.05, 4.69) is 48.5 Å². The Bertz CT molecular complexity index is 705. The summed E-state index contributed by atoms with van der Waals surface area (Å²) in [6.07, 6.45) is 2.30. The van der Waals surface area contributed by atoms with Crippen molar-refractivity contribution >= 4 is 17.3 Å². The molecule has 1 heterocycles. The number of nitrogens with zero attached hydrogens (tertiary/aromatic N) is 2. The van der Waals surface area contributed by atoms with Gasteiger partial charge in [0, 0.05) is 23.6 Å². The summed E-state index contributed by atoms with van der Waals surface area (Å²) < 4.78 is 0. The molecule has 1 aliphatic carbocycles. The Morgan fingerprint density at radius 2 is 1.86 bits per heavy atom. The number of rotatable bonds is 1. The second-order valence-corrected chi connectivity index (χ2v) is 6.29. The Morgan fingerprint density at radius 3 is 2.67 bits per heavy atom. The SMILES string of the molecule is CN1N=C2c3ccccc3CC[C@@H]2[C@H]1c1ccc(Cl)cc1. The van der Waals surface area contributed by atoms with Gasteiger partial charge >= 0.3 is 0 Å². The van der Waals surface area contributed by atoms with Crippen molar-refractivity contribution in [2.24, 2.45) is 11.0 Å². The molecule has 0 fully saturated rings. The van der Waals surface area contributed by atoms with Crippen LogP contribution in [-0.2, 0) is 6.42 Å². The van der Waals surface area contributed by atoms with Crippen LogP contribution in [0.4, 0.5) is 0 Å². The first kappa shape index (κ1) is 12.9. The van der Waals surface area contributed by atoms with Gasteiger partial charge in [0.15, 0.2) is 0 Å². The maximum atomic E-state index is 6.02. The summed E-state index contributed by atoms with van der Waals surface area (Å²) >= 11 is 6.02. The molecule has 2 aromatic rings. The van der Waals surface area contributed by atoms with Gasteiger partial charge in [0.05, 0.1) is 11.8 Å². The number of fused-ring (bicyclic) bond motifs is 3. The van der Waals surface area contributed by atoms with Crippen LogP contribution >= 0.6 is 11.6 Å². The third-order valence-corrected chi connectivity index (χ3v) is 4.88. The van der Waals surface area contributed by atoms with Gasteiger partial charge in [0.25, 0.3) is 0 Å². The Balaban J connectivity index is 1.74. The van der Waals surface area contributed by atoms with Crippen LogP contribution in [0.15, 0.2) is 53.6 Å². The summed E-state index contributed by atoms with van der Waals surface area (Å²) in [5.41, 5.74) is 5.30. The summed E-state index contributed by atoms with van der Waals surface area (Å²) in [5.74, 6) is 0.478. The summed E-state index contributed by atoms with van der Waals surface area (Å²) in [5, 5.41) is 7.75. The summed E-state index contributed by atoms with van der Waals surface area (Å²) in [7, 11) is 2.08. The van der Waals surface area contributed by atoms with E-state index in [0.717, 1.165) is 17.9 Å². The molecule has 106 valence electrons. The zero-order valence-corrected chi connectivity index (χ0v) is 12.7. The van der Waals surface area contributed by atoms with Gasteiger partial charge in [-0.25, -0.2) is 0 Å². The molecular formula is C18H17ClN2. The van der Waals surface area contributed by atoms with Crippen LogP contribution in [0, 0.1) is 5.92 Å². The predicted octanol–water partition coefficient (Wildman–Crippen LogP) is 4.29. The zero-order chi connectivity index (χ0) is 14.4. The minimum Gasteiger partial charge on any atom is -0.292 e. The average Bonchev–Trinajstić information content (AvgIpc) is 2.85. The third-order valence-electron chi connectivity index (χ3n) is 4.63. The molecule has 0 bridgehead atoms. The second kappa shape index (κ2) is 4.88. The number of halogens is 1. The van der Waals surface area contributed by atoms with Gasteiger partial charge in [-0.15, -0.1) is 0 Å². The molecule has 0 N–H and O–H groups in total. The van der Waals surface area contributed by atoms with E-state index in [1.807, 2.05) is 12.1 Å². The van der Waals surface area contributed by atoms with Gasteiger partial charge in [-0.05, 0) is 36.1 Å². The van der Waals surface area contributed by atoms with E-state index in [-0.39, 0.29) is 0 Å². The standard InChI is InChI=1S/C18H17ClN2/c1-21-18(13-6-9-14(19)10-7-13)16-11-8-12-4-2-3-5-15(12)17(16)20-21/h2-7,9-10,16,18H,8,11H2,1H3/t16-,18+/m0/s1. The molecule has 2 aliphatic rings. The van der Waals surface area contributed by atoms with Crippen LogP contribution < -0.4 is 0 Å². The van der Waals surface area contributed by atoms with Crippen molar-refractivity contribution in [1.82, 2.24) is 5.01 Å². The molecule has 0 saturated heterocycles. The number of hydrazone groups is 1. The highest BCUT2D eigenvalue weighted by Crippen LogP contribution is 2.42. The van der Waals surface area contributed by atoms with Crippen molar-refractivity contribution in [1.29, 1.82) is 0 Å². The van der Waals surface area contributed by atoms with E-state index in [9.17, 15) is 0 Å². The maximum Gasteiger partial charge on any atom is 0.0801 e. The van der Waals surface area contributed by atoms with Crippen LogP contribution in [0.25, 0.3) is 0 Å². The molecule has 0 aromatic heterocycles. The number of aryl methyl sites for hydroxylation is 1. The Kier molecular flexibility index (Phi) is 3.00. The van der Waals surface area contributed by atoms with Crippen molar-refractivity contribution in [3.63, 3.8) is 0 Å². The van der Waals surface area contributed by atoms with E-state index in [0.29, 0.717) is 12.0 Å². The van der Waals surface area contributed by atoms with E-state index < -0.39 is 0 Å². The van der Waals surface area contributed by atoms with Gasteiger partial charge in [-0.1, -0.05) is 48.0 Å². The summed E-state index contributed by atoms with van der Waals surface area (Å²) in [6, 6.07) is 17.2. The number of hydrogen-bond donors (Lipinski definition) is 0. The van der Waals surface area contributed by atoms with Crippen LogP contribution in [0.1, 0.15) is 29.2 Å². The van der Waals surface area contributed by atoms with Crippen LogP contribution in [-0.4, -0.2) is 17.8 Å². The number of hydrogen-bond acceptors (Lipinski definition) is 2. The lowest BCUT2D eigenvalue weighted by Crippen LogP contribution is -2.27. The first-order valence-corrected chi connectivity index (χ1v) is 7.77. The van der Waals surface area contributed by atoms with E-state index in [1.165, 1.54) is 22.4 Å². The van der Waals surface area contributed by atoms with Crippen molar-refractivity contribution in [3.05, 3.63) is 70.2 Å². The molecule has 0 unspecified atom stereocenters. The first-order chi connectivity index (χ1) is 10.2. The normalized spacial score (nSPS) is 23.5. The van der Waals surface area contributed by atoms with Gasteiger partial charge in [-0.3, -0.25) is 5.01 Å². The minimum atomic E-state index is 0.325. The molecular weight excluding hydrogens is 280 g/mol. The van der Waals surface area contributed by atoms with Gasteiger partial charge < -0.3 is 0 Å². The lowest BCUT2D eigenvalue weighted by Gasteiger charge is -2.29. The molecule has 2 aromatic carbocycles. The van der Waals surface area contributed by atoms with Gasteiger partial charge in [0.1, 0.15) is 0 Å². The molecule has 4 rings (SSSR count). The first-order valence-electron chi connectivity index (χ1n) is 7.39. The molecule has 1 aliphatic heterocycles. The fraction of sp³-hybridized carbons (Fsp3) is 0.278. The predicted molar refractivity (Wildman–Crippen MR) is 86.7 cm³/mol. The average molecular weight is 297 g/mol. The molecule has 0 saturated carbocycles.